The average molecular weight is 1060 g/mol. The van der Waals surface area contributed by atoms with Gasteiger partial charge in [-0.05, 0) is 47.6 Å². The summed E-state index contributed by atoms with van der Waals surface area (Å²) in [5.41, 5.74) is 3.18. The van der Waals surface area contributed by atoms with Crippen molar-refractivity contribution in [1.82, 2.24) is 8.75 Å². The first-order valence-corrected chi connectivity index (χ1v) is 22.3. The molecule has 2 aromatic carbocycles. The lowest BCUT2D eigenvalue weighted by molar-refractivity contribution is -0.947. The molecule has 3 atom stereocenters. The molecule has 1 aliphatic heterocycles. The lowest BCUT2D eigenvalue weighted by atomic mass is 10.0. The minimum Gasteiger partial charge on any atom is -1.00 e. The standard InChI is InChI=1S/C29H42N3O5S.C15H19IO4.HI/c1-6-8-9-12-18-35-28-27(30-38-31-28)23-15-13-17-32(5,20-23)25(7-2)37-26(33)19-22-14-10-11-16-24(22)36-29(34)21(3)4;1-4-13(16)20-14(17)9-11-7-5-6-8-12(11)19-15(18)10(2)3;/h10-11,14-16,21,25H,6-9,12-13,17-20H2,1-5H3;5-8,10,13H,4,9H2,1-3H3;1H/q+1;;/p-1. The molecule has 59 heavy (non-hydrogen) atoms. The van der Waals surface area contributed by atoms with E-state index in [0.717, 1.165) is 43.5 Å². The number of halogens is 2. The van der Waals surface area contributed by atoms with E-state index in [-0.39, 0.29) is 82.9 Å². The molecular formula is C44H61I2N3O9S. The van der Waals surface area contributed by atoms with Crippen LogP contribution in [-0.4, -0.2) is 74.2 Å². The maximum absolute atomic E-state index is 13.1. The van der Waals surface area contributed by atoms with Gasteiger partial charge >= 0.3 is 23.9 Å². The molecule has 0 radical (unpaired) electrons. The highest BCUT2D eigenvalue weighted by Gasteiger charge is 2.38. The molecule has 1 aromatic heterocycles. The van der Waals surface area contributed by atoms with Gasteiger partial charge in [-0.1, -0.05) is 110 Å². The monoisotopic (exact) mass is 1060 g/mol. The Morgan fingerprint density at radius 2 is 1.34 bits per heavy atom. The van der Waals surface area contributed by atoms with E-state index in [1.54, 1.807) is 70.2 Å². The number of para-hydroxylation sites is 2. The number of nitrogens with zero attached hydrogens (tertiary/aromatic N) is 3. The summed E-state index contributed by atoms with van der Waals surface area (Å²) >= 11 is 3.24. The van der Waals surface area contributed by atoms with Crippen molar-refractivity contribution < 1.29 is 71.3 Å². The Bertz CT molecular complexity index is 1820. The fourth-order valence-electron chi connectivity index (χ4n) is 6.03. The summed E-state index contributed by atoms with van der Waals surface area (Å²) in [5.74, 6) is -0.355. The highest BCUT2D eigenvalue weighted by atomic mass is 127. The molecule has 12 nitrogen and oxygen atoms in total. The summed E-state index contributed by atoms with van der Waals surface area (Å²) in [7, 11) is 2.12. The highest BCUT2D eigenvalue weighted by molar-refractivity contribution is 14.1. The molecular weight excluding hydrogens is 1000 g/mol. The fourth-order valence-corrected chi connectivity index (χ4v) is 6.84. The second-order valence-corrected chi connectivity index (χ2v) is 17.0. The first-order valence-electron chi connectivity index (χ1n) is 20.3. The molecule has 1 aliphatic rings. The predicted molar refractivity (Wildman–Crippen MR) is 234 cm³/mol. The predicted octanol–water partition coefficient (Wildman–Crippen LogP) is 6.32. The van der Waals surface area contributed by atoms with Gasteiger partial charge in [0, 0.05) is 29.5 Å². The third kappa shape index (κ3) is 17.4. The first-order chi connectivity index (χ1) is 27.7. The third-order valence-electron chi connectivity index (χ3n) is 9.43. The quantitative estimate of drug-likeness (QED) is 0.0314. The van der Waals surface area contributed by atoms with Gasteiger partial charge < -0.3 is 47.7 Å². The van der Waals surface area contributed by atoms with Gasteiger partial charge in [0.15, 0.2) is 4.11 Å². The van der Waals surface area contributed by atoms with Gasteiger partial charge in [-0.2, -0.15) is 4.37 Å². The van der Waals surface area contributed by atoms with Gasteiger partial charge in [0.25, 0.3) is 5.88 Å². The van der Waals surface area contributed by atoms with E-state index in [9.17, 15) is 19.2 Å². The van der Waals surface area contributed by atoms with Crippen LogP contribution in [0.15, 0.2) is 54.6 Å². The highest BCUT2D eigenvalue weighted by Crippen LogP contribution is 2.33. The van der Waals surface area contributed by atoms with Gasteiger partial charge in [-0.15, -0.1) is 4.37 Å². The summed E-state index contributed by atoms with van der Waals surface area (Å²) in [6.45, 7) is 15.4. The van der Waals surface area contributed by atoms with Crippen LogP contribution < -0.4 is 38.2 Å². The number of alkyl halides is 1. The lowest BCUT2D eigenvalue weighted by Crippen LogP contribution is -3.00. The molecule has 0 saturated heterocycles. The van der Waals surface area contributed by atoms with Crippen molar-refractivity contribution >= 4 is 63.8 Å². The number of hydrogen-bond donors (Lipinski definition) is 0. The number of hydrogen-bond acceptors (Lipinski definition) is 12. The maximum Gasteiger partial charge on any atom is 0.314 e. The zero-order valence-electron chi connectivity index (χ0n) is 35.7. The Balaban J connectivity index is 0.000000484. The topological polar surface area (TPSA) is 140 Å². The molecule has 0 spiro atoms. The number of esters is 4. The van der Waals surface area contributed by atoms with Crippen LogP contribution in [0, 0.1) is 11.8 Å². The second kappa shape index (κ2) is 26.9. The Labute approximate surface area is 385 Å². The summed E-state index contributed by atoms with van der Waals surface area (Å²) in [6, 6.07) is 14.1. The van der Waals surface area contributed by atoms with Crippen LogP contribution in [0.4, 0.5) is 0 Å². The number of rotatable bonds is 20. The van der Waals surface area contributed by atoms with Crippen LogP contribution in [-0.2, 0) is 41.5 Å². The SMILES string of the molecule is CCC(I)OC(=O)Cc1ccccc1OC(=O)C(C)C.CCCCCCOc1nsnc1C1=CCC[N+](C)(C(CC)OC(=O)Cc2ccccc2OC(=O)C(C)C)C1.[I-]. The maximum atomic E-state index is 13.1. The van der Waals surface area contributed by atoms with E-state index in [1.165, 1.54) is 24.6 Å². The molecule has 0 bridgehead atoms. The Morgan fingerprint density at radius 1 is 0.780 bits per heavy atom. The smallest absolute Gasteiger partial charge is 0.314 e. The Morgan fingerprint density at radius 3 is 1.86 bits per heavy atom. The van der Waals surface area contributed by atoms with Crippen LogP contribution in [0.3, 0.4) is 0 Å². The van der Waals surface area contributed by atoms with Gasteiger partial charge in [0.1, 0.15) is 23.7 Å². The summed E-state index contributed by atoms with van der Waals surface area (Å²) in [5, 5.41) is 0. The Kier molecular flexibility index (Phi) is 23.7. The van der Waals surface area contributed by atoms with Crippen molar-refractivity contribution in [1.29, 1.82) is 0 Å². The molecule has 2 heterocycles. The molecule has 326 valence electrons. The number of unbranched alkanes of at least 4 members (excludes halogenated alkanes) is 3. The van der Waals surface area contributed by atoms with Gasteiger partial charge in [-0.3, -0.25) is 23.7 Å². The fraction of sp³-hybridized carbons (Fsp3) is 0.545. The number of likely N-dealkylation sites (N-methyl/N-ethyl adjacent to an activating group) is 1. The zero-order chi connectivity index (χ0) is 42.7. The Hall–Kier alpha value is -3.16. The van der Waals surface area contributed by atoms with Gasteiger partial charge in [-0.25, -0.2) is 0 Å². The number of aromatic nitrogens is 2. The number of ether oxygens (including phenoxy) is 5. The molecule has 15 heteroatoms. The van der Waals surface area contributed by atoms with Crippen LogP contribution in [0.25, 0.3) is 5.57 Å². The third-order valence-corrected chi connectivity index (χ3v) is 11.1. The second-order valence-electron chi connectivity index (χ2n) is 15.1. The van der Waals surface area contributed by atoms with Crippen molar-refractivity contribution in [3.05, 3.63) is 71.4 Å². The number of benzene rings is 2. The molecule has 4 rings (SSSR count). The minimum absolute atomic E-state index is 0. The first kappa shape index (κ1) is 52.0. The van der Waals surface area contributed by atoms with Crippen LogP contribution >= 0.6 is 34.3 Å². The molecule has 0 aliphatic carbocycles. The van der Waals surface area contributed by atoms with Crippen molar-refractivity contribution in [2.24, 2.45) is 11.8 Å². The van der Waals surface area contributed by atoms with Gasteiger partial charge in [0.05, 0.1) is 56.6 Å². The average Bonchev–Trinajstić information content (AvgIpc) is 3.67. The molecule has 3 unspecified atom stereocenters. The molecule has 0 amide bonds. The van der Waals surface area contributed by atoms with Crippen molar-refractivity contribution in [3.8, 4) is 17.4 Å². The summed E-state index contributed by atoms with van der Waals surface area (Å²) < 4.78 is 37.4. The molecule has 3 aromatic rings. The van der Waals surface area contributed by atoms with Crippen molar-refractivity contribution in [2.75, 3.05) is 26.7 Å². The van der Waals surface area contributed by atoms with E-state index in [1.807, 2.05) is 19.9 Å². The normalized spacial score (nSPS) is 15.7. The van der Waals surface area contributed by atoms with E-state index >= 15 is 0 Å². The van der Waals surface area contributed by atoms with Crippen LogP contribution in [0.1, 0.15) is 110 Å². The van der Waals surface area contributed by atoms with Crippen molar-refractivity contribution in [3.63, 3.8) is 0 Å². The van der Waals surface area contributed by atoms with Gasteiger partial charge in [0.2, 0.25) is 6.23 Å². The molecule has 0 N–H and O–H groups in total. The number of carbonyl (C=O) groups excluding carboxylic acids is 4. The van der Waals surface area contributed by atoms with Crippen LogP contribution in [0.5, 0.6) is 17.4 Å². The number of quaternary nitrogens is 1. The largest absolute Gasteiger partial charge is 1.00 e. The lowest BCUT2D eigenvalue weighted by Gasteiger charge is -2.42. The number of carbonyl (C=O) groups is 4. The van der Waals surface area contributed by atoms with E-state index in [4.69, 9.17) is 23.7 Å². The van der Waals surface area contributed by atoms with E-state index in [2.05, 4.69) is 51.4 Å². The summed E-state index contributed by atoms with van der Waals surface area (Å²) in [6.07, 6.45) is 8.85. The minimum atomic E-state index is -0.341. The molecule has 0 fully saturated rings. The van der Waals surface area contributed by atoms with E-state index in [0.29, 0.717) is 52.6 Å². The zero-order valence-corrected chi connectivity index (χ0v) is 40.8. The van der Waals surface area contributed by atoms with Crippen molar-refractivity contribution in [2.45, 2.75) is 117 Å². The summed E-state index contributed by atoms with van der Waals surface area (Å²) in [4.78, 5) is 48.6. The van der Waals surface area contributed by atoms with E-state index < -0.39 is 0 Å². The van der Waals surface area contributed by atoms with Crippen LogP contribution in [0.2, 0.25) is 0 Å². The molecule has 0 saturated carbocycles.